The molecule has 0 radical (unpaired) electrons. The summed E-state index contributed by atoms with van der Waals surface area (Å²) in [6.07, 6.45) is 0.348. The Hall–Kier alpha value is -4.33. The standard InChI is InChI=1S/C37H44N3O6P/c1-24(2)20-29-28-18-12-13-19-32(28)40(5)35(29)37(45)39-31(21-25(3)4)36(44)38-30(22-34(42)43)33(41)23-46-47(26-14-8-6-9-15-26)27-16-10-7-11-17-27/h6-19,24-25,30-31H,20-23H2,1-5H3,(H,38,44)(H,39,45)(H,42,43)/t30?,31-/m0/s1. The Bertz CT molecular complexity index is 1650. The van der Waals surface area contributed by atoms with Crippen molar-refractivity contribution in [2.45, 2.75) is 59.0 Å². The molecule has 0 aliphatic heterocycles. The number of ketones is 1. The van der Waals surface area contributed by atoms with Gasteiger partial charge in [-0.15, -0.1) is 0 Å². The highest BCUT2D eigenvalue weighted by Gasteiger charge is 2.31. The molecule has 0 aliphatic rings. The molecule has 0 saturated carbocycles. The molecule has 4 rings (SSSR count). The van der Waals surface area contributed by atoms with E-state index in [0.717, 1.165) is 27.1 Å². The van der Waals surface area contributed by atoms with Crippen molar-refractivity contribution in [1.82, 2.24) is 15.2 Å². The van der Waals surface area contributed by atoms with E-state index in [9.17, 15) is 24.3 Å². The molecule has 10 heteroatoms. The molecule has 3 N–H and O–H groups in total. The molecule has 47 heavy (non-hydrogen) atoms. The van der Waals surface area contributed by atoms with Crippen molar-refractivity contribution in [2.75, 3.05) is 6.61 Å². The van der Waals surface area contributed by atoms with E-state index in [4.69, 9.17) is 4.52 Å². The van der Waals surface area contributed by atoms with E-state index < -0.39 is 56.8 Å². The van der Waals surface area contributed by atoms with Crippen molar-refractivity contribution in [3.05, 3.63) is 96.2 Å². The lowest BCUT2D eigenvalue weighted by Crippen LogP contribution is -2.53. The molecule has 4 aromatic rings. The second-order valence-electron chi connectivity index (χ2n) is 12.5. The zero-order chi connectivity index (χ0) is 34.1. The van der Waals surface area contributed by atoms with Gasteiger partial charge in [-0.05, 0) is 36.3 Å². The van der Waals surface area contributed by atoms with Crippen LogP contribution in [0.3, 0.4) is 0 Å². The first-order chi connectivity index (χ1) is 22.5. The fourth-order valence-corrected chi connectivity index (χ4v) is 7.39. The van der Waals surface area contributed by atoms with Crippen LogP contribution in [0.25, 0.3) is 10.9 Å². The Morgan fingerprint density at radius 2 is 1.36 bits per heavy atom. The molecule has 2 amide bonds. The Labute approximate surface area is 277 Å². The first-order valence-corrected chi connectivity index (χ1v) is 17.2. The van der Waals surface area contributed by atoms with Gasteiger partial charge in [0.05, 0.1) is 14.6 Å². The molecule has 1 heterocycles. The van der Waals surface area contributed by atoms with Crippen molar-refractivity contribution in [3.63, 3.8) is 0 Å². The lowest BCUT2D eigenvalue weighted by Gasteiger charge is -2.24. The van der Waals surface area contributed by atoms with Crippen LogP contribution in [0.1, 0.15) is 56.6 Å². The van der Waals surface area contributed by atoms with E-state index >= 15 is 0 Å². The van der Waals surface area contributed by atoms with Crippen LogP contribution >= 0.6 is 8.15 Å². The number of benzene rings is 3. The summed E-state index contributed by atoms with van der Waals surface area (Å²) in [7, 11) is 0.460. The van der Waals surface area contributed by atoms with Crippen molar-refractivity contribution in [3.8, 4) is 0 Å². The first kappa shape index (κ1) is 35.5. The number of rotatable bonds is 16. The summed E-state index contributed by atoms with van der Waals surface area (Å²) >= 11 is 0. The number of carbonyl (C=O) groups excluding carboxylic acids is 3. The number of nitrogens with zero attached hydrogens (tertiary/aromatic N) is 1. The predicted octanol–water partition coefficient (Wildman–Crippen LogP) is 5.11. The Balaban J connectivity index is 1.54. The number of hydrogen-bond donors (Lipinski definition) is 3. The minimum atomic E-state index is -1.37. The number of fused-ring (bicyclic) bond motifs is 1. The van der Waals surface area contributed by atoms with Crippen LogP contribution < -0.4 is 21.2 Å². The number of carbonyl (C=O) groups is 4. The summed E-state index contributed by atoms with van der Waals surface area (Å²) in [6, 6.07) is 24.5. The predicted molar refractivity (Wildman–Crippen MR) is 186 cm³/mol. The van der Waals surface area contributed by atoms with Crippen molar-refractivity contribution >= 4 is 53.2 Å². The number of nitrogens with one attached hydrogen (secondary N) is 2. The van der Waals surface area contributed by atoms with Crippen molar-refractivity contribution < 1.29 is 28.8 Å². The third kappa shape index (κ3) is 9.37. The zero-order valence-corrected chi connectivity index (χ0v) is 28.5. The van der Waals surface area contributed by atoms with E-state index in [1.165, 1.54) is 0 Å². The van der Waals surface area contributed by atoms with E-state index in [1.807, 2.05) is 110 Å². The Morgan fingerprint density at radius 3 is 1.91 bits per heavy atom. The number of amides is 2. The number of Topliss-reactive ketones (excluding diaryl/α,β-unsaturated/α-hetero) is 1. The topological polar surface area (TPSA) is 127 Å². The lowest BCUT2D eigenvalue weighted by atomic mass is 9.98. The van der Waals surface area contributed by atoms with Crippen LogP contribution in [-0.2, 0) is 32.4 Å². The van der Waals surface area contributed by atoms with Gasteiger partial charge in [0.1, 0.15) is 24.4 Å². The minimum Gasteiger partial charge on any atom is -0.481 e. The number of carboxylic acid groups (broad SMARTS) is 1. The van der Waals surface area contributed by atoms with Gasteiger partial charge >= 0.3 is 5.97 Å². The molecule has 2 atom stereocenters. The van der Waals surface area contributed by atoms with Gasteiger partial charge in [0.25, 0.3) is 5.91 Å². The maximum atomic E-state index is 13.9. The van der Waals surface area contributed by atoms with Crippen molar-refractivity contribution in [2.24, 2.45) is 18.9 Å². The molecular formula is C37H44N3O6P. The van der Waals surface area contributed by atoms with Crippen LogP contribution in [0.2, 0.25) is 0 Å². The molecule has 0 spiro atoms. The summed E-state index contributed by atoms with van der Waals surface area (Å²) in [6.45, 7) is 7.63. The molecule has 0 fully saturated rings. The summed E-state index contributed by atoms with van der Waals surface area (Å²) in [5.74, 6) is -2.52. The third-order valence-corrected chi connectivity index (χ3v) is 9.69. The number of aliphatic carboxylic acids is 1. The fourth-order valence-electron chi connectivity index (χ4n) is 5.65. The maximum Gasteiger partial charge on any atom is 0.305 e. The van der Waals surface area contributed by atoms with Crippen LogP contribution in [-0.4, -0.2) is 51.9 Å². The molecule has 9 nitrogen and oxygen atoms in total. The van der Waals surface area contributed by atoms with Crippen LogP contribution in [0.5, 0.6) is 0 Å². The van der Waals surface area contributed by atoms with Crippen LogP contribution in [0.15, 0.2) is 84.9 Å². The summed E-state index contributed by atoms with van der Waals surface area (Å²) in [5.41, 5.74) is 2.29. The van der Waals surface area contributed by atoms with Crippen LogP contribution in [0.4, 0.5) is 0 Å². The molecule has 0 bridgehead atoms. The molecule has 1 unspecified atom stereocenters. The molecule has 0 aliphatic carbocycles. The number of aromatic nitrogens is 1. The highest BCUT2D eigenvalue weighted by atomic mass is 31.1. The molecule has 248 valence electrons. The fraction of sp³-hybridized carbons (Fsp3) is 0.351. The molecule has 3 aromatic carbocycles. The SMILES string of the molecule is CC(C)Cc1c(C(=O)N[C@@H](CC(C)C)C(=O)NC(CC(=O)O)C(=O)COP(c2ccccc2)c2ccccc2)n(C)c2ccccc12. The molecular weight excluding hydrogens is 613 g/mol. The van der Waals surface area contributed by atoms with Gasteiger partial charge in [-0.2, -0.15) is 0 Å². The third-order valence-electron chi connectivity index (χ3n) is 7.77. The number of aryl methyl sites for hydroxylation is 1. The quantitative estimate of drug-likeness (QED) is 0.144. The number of carboxylic acids is 1. The normalized spacial score (nSPS) is 12.8. The van der Waals surface area contributed by atoms with Crippen molar-refractivity contribution in [1.29, 1.82) is 0 Å². The summed E-state index contributed by atoms with van der Waals surface area (Å²) in [5, 5.41) is 18.0. The van der Waals surface area contributed by atoms with Gasteiger partial charge in [0, 0.05) is 28.6 Å². The second kappa shape index (κ2) is 16.5. The monoisotopic (exact) mass is 657 g/mol. The van der Waals surface area contributed by atoms with Gasteiger partial charge in [-0.25, -0.2) is 0 Å². The number of hydrogen-bond acceptors (Lipinski definition) is 5. The zero-order valence-electron chi connectivity index (χ0n) is 27.6. The lowest BCUT2D eigenvalue weighted by molar-refractivity contribution is -0.140. The van der Waals surface area contributed by atoms with E-state index in [1.54, 1.807) is 0 Å². The average Bonchev–Trinajstić information content (AvgIpc) is 3.31. The highest BCUT2D eigenvalue weighted by Crippen LogP contribution is 2.34. The van der Waals surface area contributed by atoms with E-state index in [0.29, 0.717) is 18.5 Å². The minimum absolute atomic E-state index is 0.0194. The summed E-state index contributed by atoms with van der Waals surface area (Å²) in [4.78, 5) is 52.9. The van der Waals surface area contributed by atoms with Crippen LogP contribution in [0, 0.1) is 11.8 Å². The summed E-state index contributed by atoms with van der Waals surface area (Å²) < 4.78 is 8.00. The van der Waals surface area contributed by atoms with E-state index in [2.05, 4.69) is 24.5 Å². The smallest absolute Gasteiger partial charge is 0.305 e. The largest absolute Gasteiger partial charge is 0.481 e. The van der Waals surface area contributed by atoms with Gasteiger partial charge in [-0.1, -0.05) is 107 Å². The van der Waals surface area contributed by atoms with Gasteiger partial charge < -0.3 is 24.8 Å². The Kier molecular flexibility index (Phi) is 12.5. The molecule has 1 aromatic heterocycles. The van der Waals surface area contributed by atoms with Gasteiger partial charge in [0.15, 0.2) is 5.78 Å². The average molecular weight is 658 g/mol. The van der Waals surface area contributed by atoms with Gasteiger partial charge in [0.2, 0.25) is 5.91 Å². The van der Waals surface area contributed by atoms with Gasteiger partial charge in [-0.3, -0.25) is 19.2 Å². The Morgan fingerprint density at radius 1 is 0.787 bits per heavy atom. The van der Waals surface area contributed by atoms with E-state index in [-0.39, 0.29) is 11.8 Å². The maximum absolute atomic E-state index is 13.9. The number of para-hydroxylation sites is 1. The first-order valence-electron chi connectivity index (χ1n) is 15.9. The highest BCUT2D eigenvalue weighted by molar-refractivity contribution is 7.68. The second-order valence-corrected chi connectivity index (χ2v) is 14.4. The molecule has 0 saturated heterocycles.